The minimum absolute atomic E-state index is 0.629. The van der Waals surface area contributed by atoms with E-state index in [0.717, 1.165) is 58.3 Å². The second-order valence-corrected chi connectivity index (χ2v) is 11.9. The van der Waals surface area contributed by atoms with E-state index in [1.807, 2.05) is 91.0 Å². The molecule has 0 spiro atoms. The Labute approximate surface area is 249 Å². The highest BCUT2D eigenvalue weighted by molar-refractivity contribution is 7.22. The third-order valence-corrected chi connectivity index (χ3v) is 9.14. The van der Waals surface area contributed by atoms with Gasteiger partial charge < -0.3 is 0 Å². The Kier molecular flexibility index (Phi) is 6.09. The molecule has 0 unspecified atom stereocenters. The smallest absolute Gasteiger partial charge is 0.164 e. The van der Waals surface area contributed by atoms with E-state index in [0.29, 0.717) is 17.5 Å². The van der Waals surface area contributed by atoms with E-state index < -0.39 is 0 Å². The summed E-state index contributed by atoms with van der Waals surface area (Å²) in [5, 5.41) is 1.99. The van der Waals surface area contributed by atoms with Gasteiger partial charge in [0.1, 0.15) is 10.0 Å². The fourth-order valence-electron chi connectivity index (χ4n) is 4.89. The predicted octanol–water partition coefficient (Wildman–Crippen LogP) is 9.43. The molecule has 198 valence electrons. The Morgan fingerprint density at radius 3 is 1.14 bits per heavy atom. The third-order valence-electron chi connectivity index (χ3n) is 7.00. The molecule has 5 nitrogen and oxygen atoms in total. The first-order chi connectivity index (χ1) is 20.8. The molecular weight excluding hydrogens is 555 g/mol. The summed E-state index contributed by atoms with van der Waals surface area (Å²) in [6.07, 6.45) is 0. The molecule has 0 saturated heterocycles. The lowest BCUT2D eigenvalue weighted by Crippen LogP contribution is -2.00. The van der Waals surface area contributed by atoms with Gasteiger partial charge >= 0.3 is 0 Å². The zero-order chi connectivity index (χ0) is 27.9. The quantitative estimate of drug-likeness (QED) is 0.205. The average molecular weight is 576 g/mol. The fraction of sp³-hybridized carbons (Fsp3) is 0. The van der Waals surface area contributed by atoms with Crippen LogP contribution in [0.4, 0.5) is 0 Å². The van der Waals surface area contributed by atoms with E-state index in [9.17, 15) is 0 Å². The van der Waals surface area contributed by atoms with Crippen molar-refractivity contribution in [2.75, 3.05) is 0 Å². The molecule has 42 heavy (non-hydrogen) atoms. The van der Waals surface area contributed by atoms with Crippen molar-refractivity contribution in [3.05, 3.63) is 127 Å². The summed E-state index contributed by atoms with van der Waals surface area (Å²) in [5.74, 6) is 1.90. The molecule has 7 heteroatoms. The molecule has 0 radical (unpaired) electrons. The molecule has 0 fully saturated rings. The molecule has 0 amide bonds. The van der Waals surface area contributed by atoms with E-state index in [1.54, 1.807) is 22.7 Å². The highest BCUT2D eigenvalue weighted by Gasteiger charge is 2.15. The SMILES string of the molecule is c1ccc(-c2nc(-c3ccc4nc(-c5ccccc5)sc4c3)nc(-c3ccc4nc(-c5ccccc5)sc4c3)n2)cc1. The largest absolute Gasteiger partial charge is 0.236 e. The van der Waals surface area contributed by atoms with Crippen LogP contribution in [0.15, 0.2) is 127 Å². The molecule has 0 saturated carbocycles. The van der Waals surface area contributed by atoms with Gasteiger partial charge in [-0.3, -0.25) is 0 Å². The summed E-state index contributed by atoms with van der Waals surface area (Å²) >= 11 is 3.35. The first-order valence-corrected chi connectivity index (χ1v) is 15.1. The van der Waals surface area contributed by atoms with Gasteiger partial charge in [0.2, 0.25) is 0 Å². The molecule has 8 rings (SSSR count). The van der Waals surface area contributed by atoms with Gasteiger partial charge in [0, 0.05) is 27.8 Å². The van der Waals surface area contributed by atoms with Crippen LogP contribution in [0.25, 0.3) is 75.7 Å². The van der Waals surface area contributed by atoms with Gasteiger partial charge in [0.05, 0.1) is 20.4 Å². The Morgan fingerprint density at radius 1 is 0.333 bits per heavy atom. The zero-order valence-electron chi connectivity index (χ0n) is 22.2. The number of benzene rings is 5. The fourth-order valence-corrected chi connectivity index (χ4v) is 6.91. The number of hydrogen-bond acceptors (Lipinski definition) is 7. The molecule has 0 atom stereocenters. The molecular formula is C35H21N5S2. The molecule has 0 aliphatic carbocycles. The highest BCUT2D eigenvalue weighted by atomic mass is 32.1. The molecule has 3 heterocycles. The predicted molar refractivity (Wildman–Crippen MR) is 173 cm³/mol. The van der Waals surface area contributed by atoms with Gasteiger partial charge in [-0.1, -0.05) is 91.0 Å². The van der Waals surface area contributed by atoms with Gasteiger partial charge in [-0.25, -0.2) is 24.9 Å². The van der Waals surface area contributed by atoms with Crippen molar-refractivity contribution in [3.8, 4) is 55.3 Å². The van der Waals surface area contributed by atoms with Crippen LogP contribution in [-0.2, 0) is 0 Å². The number of aromatic nitrogens is 5. The Bertz CT molecular complexity index is 2050. The normalized spacial score (nSPS) is 11.3. The lowest BCUT2D eigenvalue weighted by atomic mass is 10.1. The first-order valence-electron chi connectivity index (χ1n) is 13.5. The van der Waals surface area contributed by atoms with Crippen LogP contribution in [0.5, 0.6) is 0 Å². The summed E-state index contributed by atoms with van der Waals surface area (Å²) in [6, 6.07) is 43.1. The number of rotatable bonds is 5. The number of hydrogen-bond donors (Lipinski definition) is 0. The Balaban J connectivity index is 1.24. The second-order valence-electron chi connectivity index (χ2n) is 9.81. The number of thiazole rings is 2. The van der Waals surface area contributed by atoms with E-state index in [4.69, 9.17) is 24.9 Å². The van der Waals surface area contributed by atoms with Gasteiger partial charge in [0.15, 0.2) is 17.5 Å². The minimum Gasteiger partial charge on any atom is -0.236 e. The van der Waals surface area contributed by atoms with E-state index in [-0.39, 0.29) is 0 Å². The monoisotopic (exact) mass is 575 g/mol. The lowest BCUT2D eigenvalue weighted by molar-refractivity contribution is 1.08. The van der Waals surface area contributed by atoms with Crippen LogP contribution in [0.2, 0.25) is 0 Å². The maximum Gasteiger partial charge on any atom is 0.164 e. The van der Waals surface area contributed by atoms with Crippen LogP contribution in [0.3, 0.4) is 0 Å². The van der Waals surface area contributed by atoms with Crippen LogP contribution < -0.4 is 0 Å². The molecule has 8 aromatic rings. The molecule has 5 aromatic carbocycles. The zero-order valence-corrected chi connectivity index (χ0v) is 23.8. The maximum absolute atomic E-state index is 4.99. The van der Waals surface area contributed by atoms with Gasteiger partial charge in [0.25, 0.3) is 0 Å². The van der Waals surface area contributed by atoms with Crippen molar-refractivity contribution in [1.29, 1.82) is 0 Å². The third kappa shape index (κ3) is 4.64. The van der Waals surface area contributed by atoms with E-state index >= 15 is 0 Å². The number of nitrogens with zero attached hydrogens (tertiary/aromatic N) is 5. The molecule has 0 N–H and O–H groups in total. The van der Waals surface area contributed by atoms with Gasteiger partial charge in [-0.05, 0) is 36.4 Å². The Hall–Kier alpha value is -5.11. The summed E-state index contributed by atoms with van der Waals surface area (Å²) < 4.78 is 2.18. The minimum atomic E-state index is 0.629. The number of fused-ring (bicyclic) bond motifs is 2. The topological polar surface area (TPSA) is 64.5 Å². The maximum atomic E-state index is 4.99. The average Bonchev–Trinajstić information content (AvgIpc) is 3.70. The summed E-state index contributed by atoms with van der Waals surface area (Å²) in [5.41, 5.74) is 6.95. The highest BCUT2D eigenvalue weighted by Crippen LogP contribution is 2.35. The van der Waals surface area contributed by atoms with Crippen LogP contribution >= 0.6 is 22.7 Å². The second kappa shape index (κ2) is 10.4. The van der Waals surface area contributed by atoms with Crippen molar-refractivity contribution in [3.63, 3.8) is 0 Å². The first kappa shape index (κ1) is 24.7. The van der Waals surface area contributed by atoms with Crippen molar-refractivity contribution in [2.45, 2.75) is 0 Å². The van der Waals surface area contributed by atoms with Crippen LogP contribution in [0, 0.1) is 0 Å². The van der Waals surface area contributed by atoms with Crippen molar-refractivity contribution < 1.29 is 0 Å². The van der Waals surface area contributed by atoms with E-state index in [1.165, 1.54) is 0 Å². The lowest BCUT2D eigenvalue weighted by Gasteiger charge is -2.08. The Morgan fingerprint density at radius 2 is 0.714 bits per heavy atom. The summed E-state index contributed by atoms with van der Waals surface area (Å²) in [4.78, 5) is 24.6. The molecule has 3 aromatic heterocycles. The summed E-state index contributed by atoms with van der Waals surface area (Å²) in [6.45, 7) is 0. The molecule has 0 aliphatic heterocycles. The van der Waals surface area contributed by atoms with Gasteiger partial charge in [-0.2, -0.15) is 0 Å². The van der Waals surface area contributed by atoms with Crippen LogP contribution in [0.1, 0.15) is 0 Å². The standard InChI is InChI=1S/C35H21N5S2/c1-4-10-22(11-5-1)31-38-32(25-16-18-27-29(20-25)41-34(36-27)23-12-6-2-7-13-23)40-33(39-31)26-17-19-28-30(21-26)42-35(37-28)24-14-8-3-9-15-24/h1-21H. The molecule has 0 bridgehead atoms. The van der Waals surface area contributed by atoms with Crippen molar-refractivity contribution in [1.82, 2.24) is 24.9 Å². The molecule has 0 aliphatic rings. The van der Waals surface area contributed by atoms with Crippen molar-refractivity contribution in [2.24, 2.45) is 0 Å². The van der Waals surface area contributed by atoms with Crippen LogP contribution in [-0.4, -0.2) is 24.9 Å². The van der Waals surface area contributed by atoms with E-state index in [2.05, 4.69) is 36.4 Å². The van der Waals surface area contributed by atoms with Gasteiger partial charge in [-0.15, -0.1) is 22.7 Å². The van der Waals surface area contributed by atoms with Crippen molar-refractivity contribution >= 4 is 43.1 Å². The summed E-state index contributed by atoms with van der Waals surface area (Å²) in [7, 11) is 0.